The monoisotopic (exact) mass is 280 g/mol. The molecule has 0 radical (unpaired) electrons. The van der Waals surface area contributed by atoms with Crippen molar-refractivity contribution in [3.05, 3.63) is 29.0 Å². The number of rotatable bonds is 5. The van der Waals surface area contributed by atoms with Crippen LogP contribution in [0.4, 0.5) is 4.39 Å². The summed E-state index contributed by atoms with van der Waals surface area (Å²) in [5.74, 6) is -0.922. The van der Waals surface area contributed by atoms with Crippen molar-refractivity contribution in [2.75, 3.05) is 20.1 Å². The predicted molar refractivity (Wildman–Crippen MR) is 64.9 cm³/mol. The average molecular weight is 281 g/mol. The number of hydrogen-bond donors (Lipinski definition) is 1. The van der Waals surface area contributed by atoms with Crippen LogP contribution in [0.3, 0.4) is 0 Å². The van der Waals surface area contributed by atoms with Crippen molar-refractivity contribution < 1.29 is 12.8 Å². The summed E-state index contributed by atoms with van der Waals surface area (Å²) in [5, 5.41) is -0.210. The zero-order chi connectivity index (χ0) is 13.1. The molecule has 17 heavy (non-hydrogen) atoms. The predicted octanol–water partition coefficient (Wildman–Crippen LogP) is 1.45. The maximum Gasteiger partial charge on any atom is 0.245 e. The van der Waals surface area contributed by atoms with Gasteiger partial charge in [-0.25, -0.2) is 17.1 Å². The van der Waals surface area contributed by atoms with Crippen LogP contribution in [0.5, 0.6) is 0 Å². The lowest BCUT2D eigenvalue weighted by molar-refractivity contribution is 0.457. The second kappa shape index (κ2) is 5.77. The number of halogens is 2. The molecule has 0 bridgehead atoms. The van der Waals surface area contributed by atoms with Crippen LogP contribution in [0.15, 0.2) is 23.1 Å². The quantitative estimate of drug-likeness (QED) is 0.888. The third-order valence-electron chi connectivity index (χ3n) is 2.28. The Morgan fingerprint density at radius 3 is 2.71 bits per heavy atom. The highest BCUT2D eigenvalue weighted by molar-refractivity contribution is 7.89. The Morgan fingerprint density at radius 1 is 1.47 bits per heavy atom. The molecule has 0 aliphatic carbocycles. The van der Waals surface area contributed by atoms with E-state index in [9.17, 15) is 12.8 Å². The molecule has 0 spiro atoms. The number of benzene rings is 1. The third-order valence-corrected chi connectivity index (χ3v) is 4.45. The van der Waals surface area contributed by atoms with E-state index < -0.39 is 20.7 Å². The Hall–Kier alpha value is -0.690. The molecule has 1 aromatic carbocycles. The topological polar surface area (TPSA) is 63.4 Å². The van der Waals surface area contributed by atoms with Crippen LogP contribution in [0.25, 0.3) is 0 Å². The van der Waals surface area contributed by atoms with Crippen molar-refractivity contribution in [1.29, 1.82) is 0 Å². The molecule has 0 saturated heterocycles. The van der Waals surface area contributed by atoms with E-state index in [0.29, 0.717) is 13.0 Å². The summed E-state index contributed by atoms with van der Waals surface area (Å²) >= 11 is 5.55. The fourth-order valence-electron chi connectivity index (χ4n) is 1.29. The molecule has 4 nitrogen and oxygen atoms in total. The van der Waals surface area contributed by atoms with Crippen LogP contribution < -0.4 is 5.73 Å². The smallest absolute Gasteiger partial charge is 0.245 e. The molecule has 0 amide bonds. The molecule has 0 aromatic heterocycles. The maximum atomic E-state index is 13.6. The van der Waals surface area contributed by atoms with E-state index in [1.165, 1.54) is 25.2 Å². The van der Waals surface area contributed by atoms with Crippen LogP contribution in [-0.2, 0) is 10.0 Å². The molecule has 7 heteroatoms. The Labute approximate surface area is 105 Å². The minimum atomic E-state index is -3.85. The van der Waals surface area contributed by atoms with Gasteiger partial charge in [-0.15, -0.1) is 0 Å². The van der Waals surface area contributed by atoms with E-state index in [0.717, 1.165) is 4.31 Å². The molecule has 2 N–H and O–H groups in total. The van der Waals surface area contributed by atoms with Crippen molar-refractivity contribution in [2.45, 2.75) is 11.3 Å². The molecule has 0 aliphatic rings. The van der Waals surface area contributed by atoms with Gasteiger partial charge in [0.25, 0.3) is 0 Å². The second-order valence-corrected chi connectivity index (χ2v) is 5.94. The van der Waals surface area contributed by atoms with Gasteiger partial charge in [0.1, 0.15) is 4.90 Å². The van der Waals surface area contributed by atoms with Crippen molar-refractivity contribution in [3.8, 4) is 0 Å². The van der Waals surface area contributed by atoms with Crippen molar-refractivity contribution in [1.82, 2.24) is 4.31 Å². The standard InChI is InChI=1S/C10H14ClFN2O2S/c1-14(7-3-6-13)17(15,16)9-5-2-4-8(11)10(9)12/h2,4-5H,3,6-7,13H2,1H3. The van der Waals surface area contributed by atoms with Crippen LogP contribution >= 0.6 is 11.6 Å². The molecule has 0 heterocycles. The fraction of sp³-hybridized carbons (Fsp3) is 0.400. The first kappa shape index (κ1) is 14.4. The van der Waals surface area contributed by atoms with Gasteiger partial charge in [-0.1, -0.05) is 17.7 Å². The van der Waals surface area contributed by atoms with Gasteiger partial charge >= 0.3 is 0 Å². The van der Waals surface area contributed by atoms with Gasteiger partial charge in [0.15, 0.2) is 5.82 Å². The lowest BCUT2D eigenvalue weighted by atomic mass is 10.3. The largest absolute Gasteiger partial charge is 0.330 e. The van der Waals surface area contributed by atoms with Gasteiger partial charge in [0.2, 0.25) is 10.0 Å². The summed E-state index contributed by atoms with van der Waals surface area (Å²) in [4.78, 5) is -0.412. The molecule has 0 atom stereocenters. The van der Waals surface area contributed by atoms with E-state index in [2.05, 4.69) is 0 Å². The van der Waals surface area contributed by atoms with E-state index >= 15 is 0 Å². The number of sulfonamides is 1. The third kappa shape index (κ3) is 3.16. The fourth-order valence-corrected chi connectivity index (χ4v) is 2.81. The number of hydrogen-bond acceptors (Lipinski definition) is 3. The number of nitrogens with two attached hydrogens (primary N) is 1. The Kier molecular flexibility index (Phi) is 4.88. The van der Waals surface area contributed by atoms with E-state index in [4.69, 9.17) is 17.3 Å². The first-order valence-electron chi connectivity index (χ1n) is 5.01. The summed E-state index contributed by atoms with van der Waals surface area (Å²) in [6.07, 6.45) is 0.512. The van der Waals surface area contributed by atoms with Crippen LogP contribution in [0.1, 0.15) is 6.42 Å². The summed E-state index contributed by atoms with van der Waals surface area (Å²) in [7, 11) is -2.47. The van der Waals surface area contributed by atoms with Crippen LogP contribution in [0.2, 0.25) is 5.02 Å². The minimum absolute atomic E-state index is 0.210. The molecule has 0 aliphatic heterocycles. The van der Waals surface area contributed by atoms with Gasteiger partial charge in [-0.3, -0.25) is 0 Å². The van der Waals surface area contributed by atoms with E-state index in [-0.39, 0.29) is 11.6 Å². The molecule has 96 valence electrons. The zero-order valence-electron chi connectivity index (χ0n) is 9.36. The highest BCUT2D eigenvalue weighted by Crippen LogP contribution is 2.24. The Bertz CT molecular complexity index is 493. The van der Waals surface area contributed by atoms with Crippen LogP contribution in [0, 0.1) is 5.82 Å². The SMILES string of the molecule is CN(CCCN)S(=O)(=O)c1cccc(Cl)c1F. The molecular formula is C10H14ClFN2O2S. The van der Waals surface area contributed by atoms with Gasteiger partial charge < -0.3 is 5.73 Å². The minimum Gasteiger partial charge on any atom is -0.330 e. The first-order chi connectivity index (χ1) is 7.91. The van der Waals surface area contributed by atoms with E-state index in [1.54, 1.807) is 0 Å². The van der Waals surface area contributed by atoms with Crippen molar-refractivity contribution in [3.63, 3.8) is 0 Å². The van der Waals surface area contributed by atoms with Crippen LogP contribution in [-0.4, -0.2) is 32.9 Å². The lowest BCUT2D eigenvalue weighted by Gasteiger charge is -2.17. The van der Waals surface area contributed by atoms with Crippen molar-refractivity contribution >= 4 is 21.6 Å². The Morgan fingerprint density at radius 2 is 2.12 bits per heavy atom. The molecule has 1 aromatic rings. The Balaban J connectivity index is 3.09. The van der Waals surface area contributed by atoms with Gasteiger partial charge in [-0.2, -0.15) is 0 Å². The van der Waals surface area contributed by atoms with Gasteiger partial charge in [0.05, 0.1) is 5.02 Å². The van der Waals surface area contributed by atoms with Gasteiger partial charge in [-0.05, 0) is 25.1 Å². The molecule has 0 fully saturated rings. The molecular weight excluding hydrogens is 267 g/mol. The first-order valence-corrected chi connectivity index (χ1v) is 6.83. The highest BCUT2D eigenvalue weighted by atomic mass is 35.5. The molecule has 1 rings (SSSR count). The average Bonchev–Trinajstić information content (AvgIpc) is 2.29. The normalized spacial score (nSPS) is 12.1. The number of nitrogens with zero attached hydrogens (tertiary/aromatic N) is 1. The highest BCUT2D eigenvalue weighted by Gasteiger charge is 2.24. The summed E-state index contributed by atoms with van der Waals surface area (Å²) in [5.41, 5.74) is 5.30. The lowest BCUT2D eigenvalue weighted by Crippen LogP contribution is -2.29. The summed E-state index contributed by atoms with van der Waals surface area (Å²) in [6.45, 7) is 0.614. The zero-order valence-corrected chi connectivity index (χ0v) is 10.9. The molecule has 0 saturated carbocycles. The maximum absolute atomic E-state index is 13.6. The molecule has 0 unspecified atom stereocenters. The van der Waals surface area contributed by atoms with E-state index in [1.807, 2.05) is 0 Å². The van der Waals surface area contributed by atoms with Gasteiger partial charge in [0, 0.05) is 13.6 Å². The second-order valence-electron chi connectivity index (χ2n) is 3.52. The summed E-state index contributed by atoms with van der Waals surface area (Å²) in [6, 6.07) is 3.89. The van der Waals surface area contributed by atoms with Crippen molar-refractivity contribution in [2.24, 2.45) is 5.73 Å². The summed E-state index contributed by atoms with van der Waals surface area (Å²) < 4.78 is 38.7.